The molecule has 7 heteroatoms. The van der Waals surface area contributed by atoms with Crippen molar-refractivity contribution in [2.75, 3.05) is 6.54 Å². The zero-order valence-corrected chi connectivity index (χ0v) is 5.82. The molecule has 0 fully saturated rings. The van der Waals surface area contributed by atoms with Crippen molar-refractivity contribution < 1.29 is 19.5 Å². The molecule has 7 nitrogen and oxygen atoms in total. The lowest BCUT2D eigenvalue weighted by Crippen LogP contribution is -2.18. The number of amides is 2. The lowest BCUT2D eigenvalue weighted by atomic mass is 10.7. The third kappa shape index (κ3) is 2480. The van der Waals surface area contributed by atoms with Gasteiger partial charge in [0.1, 0.15) is 6.79 Å². The van der Waals surface area contributed by atoms with Crippen LogP contribution in [0.25, 0.3) is 0 Å². The third-order valence-corrected chi connectivity index (χ3v) is 0.175. The molecule has 0 aliphatic rings. The van der Waals surface area contributed by atoms with Gasteiger partial charge in [-0.1, -0.05) is 0 Å². The summed E-state index contributed by atoms with van der Waals surface area (Å²) in [6.45, 7) is 1.72. The van der Waals surface area contributed by atoms with E-state index in [9.17, 15) is 4.79 Å². The zero-order valence-electron chi connectivity index (χ0n) is 5.82. The van der Waals surface area contributed by atoms with Crippen molar-refractivity contribution in [2.45, 2.75) is 0 Å². The van der Waals surface area contributed by atoms with Gasteiger partial charge in [-0.05, 0) is 0 Å². The molecule has 7 N–H and O–H groups in total. The van der Waals surface area contributed by atoms with Crippen LogP contribution in [-0.2, 0) is 9.59 Å². The lowest BCUT2D eigenvalue weighted by molar-refractivity contribution is -0.135. The maximum Gasteiger partial charge on any atom is 0.317 e. The fourth-order valence-corrected chi connectivity index (χ4v) is 0. The fourth-order valence-electron chi connectivity index (χ4n) is 0. The van der Waals surface area contributed by atoms with E-state index in [-0.39, 0.29) is 6.54 Å². The van der Waals surface area contributed by atoms with Crippen LogP contribution in [0.3, 0.4) is 0 Å². The average molecular weight is 165 g/mol. The Hall–Kier alpha value is -1.63. The number of urea groups is 1. The Morgan fingerprint density at radius 1 is 1.27 bits per heavy atom. The molecule has 0 aliphatic heterocycles. The largest absolute Gasteiger partial charge is 0.480 e. The maximum absolute atomic E-state index is 9.24. The van der Waals surface area contributed by atoms with E-state index in [0.29, 0.717) is 0 Å². The van der Waals surface area contributed by atoms with E-state index < -0.39 is 12.0 Å². The number of carboxylic acids is 1. The van der Waals surface area contributed by atoms with Crippen molar-refractivity contribution in [1.29, 1.82) is 0 Å². The molecule has 0 bridgehead atoms. The molecule has 0 aromatic heterocycles. The van der Waals surface area contributed by atoms with E-state index in [1.54, 1.807) is 0 Å². The van der Waals surface area contributed by atoms with Gasteiger partial charge in [0.25, 0.3) is 0 Å². The van der Waals surface area contributed by atoms with Gasteiger partial charge in [0, 0.05) is 0 Å². The summed E-state index contributed by atoms with van der Waals surface area (Å²) >= 11 is 0. The van der Waals surface area contributed by atoms with Crippen molar-refractivity contribution in [3.8, 4) is 0 Å². The number of nitrogens with two attached hydrogens (primary N) is 3. The predicted molar refractivity (Wildman–Crippen MR) is 37.6 cm³/mol. The monoisotopic (exact) mass is 165 g/mol. The van der Waals surface area contributed by atoms with Gasteiger partial charge < -0.3 is 27.1 Å². The molecular weight excluding hydrogens is 154 g/mol. The van der Waals surface area contributed by atoms with Crippen molar-refractivity contribution in [3.63, 3.8) is 0 Å². The topological polar surface area (TPSA) is 150 Å². The fraction of sp³-hybridized carbons (Fsp3) is 0.250. The second-order valence-electron chi connectivity index (χ2n) is 1.00. The number of aliphatic carboxylic acids is 1. The Morgan fingerprint density at radius 3 is 1.36 bits per heavy atom. The van der Waals surface area contributed by atoms with Gasteiger partial charge in [-0.15, -0.1) is 0 Å². The third-order valence-electron chi connectivity index (χ3n) is 0.175. The number of carboxylic acid groups (broad SMARTS) is 1. The van der Waals surface area contributed by atoms with Crippen LogP contribution in [0.1, 0.15) is 0 Å². The minimum Gasteiger partial charge on any atom is -0.480 e. The second kappa shape index (κ2) is 15.8. The van der Waals surface area contributed by atoms with Gasteiger partial charge in [0.05, 0.1) is 6.54 Å². The summed E-state index contributed by atoms with van der Waals surface area (Å²) in [7, 11) is 0. The van der Waals surface area contributed by atoms with Gasteiger partial charge in [-0.2, -0.15) is 0 Å². The maximum atomic E-state index is 9.24. The second-order valence-corrected chi connectivity index (χ2v) is 1.00. The van der Waals surface area contributed by atoms with Crippen LogP contribution in [-0.4, -0.2) is 30.4 Å². The first-order chi connectivity index (χ1) is 5.00. The molecule has 0 unspecified atom stereocenters. The highest BCUT2D eigenvalue weighted by atomic mass is 16.4. The Balaban J connectivity index is -0.0000000965. The molecule has 0 aromatic carbocycles. The number of hydrogen-bond donors (Lipinski definition) is 4. The predicted octanol–water partition coefficient (Wildman–Crippen LogP) is -2.13. The molecular formula is C4H11N3O4. The number of carbonyl (C=O) groups is 3. The van der Waals surface area contributed by atoms with Crippen LogP contribution in [0.2, 0.25) is 0 Å². The van der Waals surface area contributed by atoms with Crippen molar-refractivity contribution in [2.24, 2.45) is 17.2 Å². The standard InChI is InChI=1S/C2H5NO2.CH4N2O.CH2O/c3-1-2(4)5;2-1(3)4;1-2/h1,3H2,(H,4,5);(H4,2,3,4);1H2. The number of primary amides is 2. The van der Waals surface area contributed by atoms with E-state index >= 15 is 0 Å². The van der Waals surface area contributed by atoms with E-state index in [0.717, 1.165) is 0 Å². The van der Waals surface area contributed by atoms with E-state index in [1.165, 1.54) is 0 Å². The summed E-state index contributed by atoms with van der Waals surface area (Å²) in [6.07, 6.45) is 0. The summed E-state index contributed by atoms with van der Waals surface area (Å²) in [5, 5.41) is 7.60. The van der Waals surface area contributed by atoms with Crippen LogP contribution in [0.15, 0.2) is 0 Å². The highest BCUT2D eigenvalue weighted by molar-refractivity contribution is 5.69. The Morgan fingerprint density at radius 2 is 1.36 bits per heavy atom. The van der Waals surface area contributed by atoms with Crippen molar-refractivity contribution >= 4 is 18.8 Å². The summed E-state index contributed by atoms with van der Waals surface area (Å²) in [4.78, 5) is 26.2. The number of carbonyl (C=O) groups excluding carboxylic acids is 2. The Kier molecular flexibility index (Phi) is 23.2. The molecule has 0 atom stereocenters. The van der Waals surface area contributed by atoms with E-state index in [1.807, 2.05) is 6.79 Å². The average Bonchev–Trinajstić information content (AvgIpc) is 1.91. The Labute approximate surface area is 63.1 Å². The SMILES string of the molecule is C=O.NC(N)=O.NCC(=O)O. The zero-order chi connectivity index (χ0) is 9.86. The van der Waals surface area contributed by atoms with Gasteiger partial charge in [-0.25, -0.2) is 4.79 Å². The number of hydrogen-bond acceptors (Lipinski definition) is 4. The Bertz CT molecular complexity index is 112. The van der Waals surface area contributed by atoms with Gasteiger partial charge in [0.15, 0.2) is 0 Å². The molecule has 0 saturated carbocycles. The van der Waals surface area contributed by atoms with Crippen molar-refractivity contribution in [3.05, 3.63) is 0 Å². The smallest absolute Gasteiger partial charge is 0.317 e. The van der Waals surface area contributed by atoms with Crippen LogP contribution >= 0.6 is 0 Å². The molecule has 0 aliphatic carbocycles. The molecule has 66 valence electrons. The first kappa shape index (κ1) is 16.2. The molecule has 11 heavy (non-hydrogen) atoms. The molecule has 0 spiro atoms. The van der Waals surface area contributed by atoms with Crippen LogP contribution < -0.4 is 17.2 Å². The minimum absolute atomic E-state index is 0.278. The molecule has 0 radical (unpaired) electrons. The summed E-state index contributed by atoms with van der Waals surface area (Å²) in [6, 6.07) is -0.833. The van der Waals surface area contributed by atoms with Gasteiger partial charge in [-0.3, -0.25) is 4.79 Å². The first-order valence-electron chi connectivity index (χ1n) is 2.26. The van der Waals surface area contributed by atoms with Crippen LogP contribution in [0.4, 0.5) is 4.79 Å². The quantitative estimate of drug-likeness (QED) is 0.350. The highest BCUT2D eigenvalue weighted by Gasteiger charge is 1.81. The lowest BCUT2D eigenvalue weighted by Gasteiger charge is -1.73. The van der Waals surface area contributed by atoms with Crippen LogP contribution in [0.5, 0.6) is 0 Å². The van der Waals surface area contributed by atoms with Crippen molar-refractivity contribution in [1.82, 2.24) is 0 Å². The molecule has 2 amide bonds. The van der Waals surface area contributed by atoms with Gasteiger partial charge in [0.2, 0.25) is 0 Å². The minimum atomic E-state index is -0.968. The van der Waals surface area contributed by atoms with Gasteiger partial charge >= 0.3 is 12.0 Å². The molecule has 0 saturated heterocycles. The molecule has 0 rings (SSSR count). The summed E-state index contributed by atoms with van der Waals surface area (Å²) < 4.78 is 0. The number of rotatable bonds is 1. The van der Waals surface area contributed by atoms with E-state index in [4.69, 9.17) is 14.7 Å². The normalized spacial score (nSPS) is 5.91. The first-order valence-corrected chi connectivity index (χ1v) is 2.26. The summed E-state index contributed by atoms with van der Waals surface area (Å²) in [5.74, 6) is -0.968. The highest BCUT2D eigenvalue weighted by Crippen LogP contribution is 1.43. The summed E-state index contributed by atoms with van der Waals surface area (Å²) in [5.41, 5.74) is 13.1. The molecule has 0 heterocycles. The molecule has 0 aromatic rings. The van der Waals surface area contributed by atoms with Crippen LogP contribution in [0, 0.1) is 0 Å². The van der Waals surface area contributed by atoms with E-state index in [2.05, 4.69) is 17.2 Å².